The van der Waals surface area contributed by atoms with Crippen LogP contribution in [0.1, 0.15) is 15.9 Å². The minimum Gasteiger partial charge on any atom is -0.344 e. The molecule has 0 aliphatic carbocycles. The molecular formula is C21H15F3N4O3. The van der Waals surface area contributed by atoms with Crippen LogP contribution in [-0.4, -0.2) is 20.0 Å². The first-order valence-corrected chi connectivity index (χ1v) is 9.05. The summed E-state index contributed by atoms with van der Waals surface area (Å²) in [5.74, 6) is -0.766. The zero-order valence-corrected chi connectivity index (χ0v) is 16.0. The van der Waals surface area contributed by atoms with E-state index in [1.807, 2.05) is 0 Å². The average Bonchev–Trinajstić information content (AvgIpc) is 3.05. The number of carbonyl (C=O) groups excluding carboxylic acids is 1. The largest absolute Gasteiger partial charge is 0.416 e. The number of aromatic amines is 1. The summed E-state index contributed by atoms with van der Waals surface area (Å²) in [7, 11) is 1.53. The summed E-state index contributed by atoms with van der Waals surface area (Å²) in [5.41, 5.74) is -2.00. The molecular weight excluding hydrogens is 413 g/mol. The smallest absolute Gasteiger partial charge is 0.344 e. The van der Waals surface area contributed by atoms with Crippen LogP contribution in [0.4, 0.5) is 18.9 Å². The predicted molar refractivity (Wildman–Crippen MR) is 109 cm³/mol. The number of hydrogen-bond acceptors (Lipinski definition) is 3. The monoisotopic (exact) mass is 428 g/mol. The van der Waals surface area contributed by atoms with E-state index >= 15 is 0 Å². The molecule has 2 N–H and O–H groups in total. The van der Waals surface area contributed by atoms with Crippen molar-refractivity contribution < 1.29 is 18.0 Å². The van der Waals surface area contributed by atoms with Gasteiger partial charge < -0.3 is 14.9 Å². The average molecular weight is 428 g/mol. The number of hydrogen-bond donors (Lipinski definition) is 2. The molecule has 2 aromatic carbocycles. The van der Waals surface area contributed by atoms with Crippen LogP contribution >= 0.6 is 0 Å². The molecule has 158 valence electrons. The number of aryl methyl sites for hydroxylation is 1. The van der Waals surface area contributed by atoms with Crippen LogP contribution in [-0.2, 0) is 13.2 Å². The van der Waals surface area contributed by atoms with Gasteiger partial charge in [-0.3, -0.25) is 9.59 Å². The van der Waals surface area contributed by atoms with Crippen LogP contribution in [0.2, 0.25) is 0 Å². The molecule has 0 radical (unpaired) electrons. The Morgan fingerprint density at radius 3 is 2.42 bits per heavy atom. The fraction of sp³-hybridized carbons (Fsp3) is 0.0952. The number of halogens is 3. The summed E-state index contributed by atoms with van der Waals surface area (Å²) in [6.07, 6.45) is -3.23. The molecule has 0 unspecified atom stereocenters. The number of para-hydroxylation sites is 1. The summed E-state index contributed by atoms with van der Waals surface area (Å²) in [6.45, 7) is 0. The molecule has 1 amide bonds. The van der Waals surface area contributed by atoms with Crippen molar-refractivity contribution in [2.45, 2.75) is 6.18 Å². The SMILES string of the molecule is Cn1cc(C(=O)Nc2cccc(C(F)(F)F)c2)c2[nH]c(=O)n(-c3ccccc3)c(=O)c21. The van der Waals surface area contributed by atoms with Crippen molar-refractivity contribution in [1.29, 1.82) is 0 Å². The summed E-state index contributed by atoms with van der Waals surface area (Å²) >= 11 is 0. The molecule has 10 heteroatoms. The number of H-pyrrole nitrogens is 1. The van der Waals surface area contributed by atoms with E-state index in [9.17, 15) is 27.6 Å². The lowest BCUT2D eigenvalue weighted by molar-refractivity contribution is -0.137. The van der Waals surface area contributed by atoms with Gasteiger partial charge in [-0.25, -0.2) is 9.36 Å². The van der Waals surface area contributed by atoms with E-state index in [4.69, 9.17) is 0 Å². The highest BCUT2D eigenvalue weighted by Crippen LogP contribution is 2.30. The minimum absolute atomic E-state index is 0.00541. The van der Waals surface area contributed by atoms with Crippen molar-refractivity contribution in [3.8, 4) is 5.69 Å². The fourth-order valence-corrected chi connectivity index (χ4v) is 3.33. The van der Waals surface area contributed by atoms with Gasteiger partial charge in [-0.15, -0.1) is 0 Å². The second-order valence-electron chi connectivity index (χ2n) is 6.82. The minimum atomic E-state index is -4.56. The second kappa shape index (κ2) is 7.31. The number of carbonyl (C=O) groups is 1. The van der Waals surface area contributed by atoms with Gasteiger partial charge in [0.25, 0.3) is 11.5 Å². The van der Waals surface area contributed by atoms with Crippen LogP contribution in [0.25, 0.3) is 16.7 Å². The zero-order chi connectivity index (χ0) is 22.3. The maximum Gasteiger partial charge on any atom is 0.416 e. The number of rotatable bonds is 3. The Kier molecular flexibility index (Phi) is 4.77. The lowest BCUT2D eigenvalue weighted by Crippen LogP contribution is -2.34. The quantitative estimate of drug-likeness (QED) is 0.525. The van der Waals surface area contributed by atoms with Gasteiger partial charge >= 0.3 is 11.9 Å². The van der Waals surface area contributed by atoms with Gasteiger partial charge in [0, 0.05) is 18.9 Å². The maximum atomic E-state index is 13.0. The third-order valence-corrected chi connectivity index (χ3v) is 4.73. The summed E-state index contributed by atoms with van der Waals surface area (Å²) in [4.78, 5) is 40.9. The Balaban J connectivity index is 1.79. The van der Waals surface area contributed by atoms with Gasteiger partial charge in [-0.05, 0) is 30.3 Å². The van der Waals surface area contributed by atoms with Gasteiger partial charge in [0.1, 0.15) is 5.52 Å². The van der Waals surface area contributed by atoms with E-state index in [1.54, 1.807) is 30.3 Å². The standard InChI is InChI=1S/C21H15F3N4O3/c1-27-11-15(18(29)25-13-7-5-6-12(10-13)21(22,23)24)16-17(27)19(30)28(20(31)26-16)14-8-3-2-4-9-14/h2-11H,1H3,(H,25,29)(H,26,31). The molecule has 7 nitrogen and oxygen atoms in total. The molecule has 0 aliphatic rings. The molecule has 0 fully saturated rings. The van der Waals surface area contributed by atoms with E-state index in [0.717, 1.165) is 16.7 Å². The van der Waals surface area contributed by atoms with Crippen LogP contribution in [0.5, 0.6) is 0 Å². The first-order valence-electron chi connectivity index (χ1n) is 9.05. The normalized spacial score (nSPS) is 11.6. The van der Waals surface area contributed by atoms with Crippen molar-refractivity contribution in [2.75, 3.05) is 5.32 Å². The highest BCUT2D eigenvalue weighted by atomic mass is 19.4. The molecule has 0 saturated heterocycles. The number of nitrogens with zero attached hydrogens (tertiary/aromatic N) is 2. The molecule has 0 saturated carbocycles. The van der Waals surface area contributed by atoms with Crippen LogP contribution < -0.4 is 16.6 Å². The van der Waals surface area contributed by atoms with E-state index in [1.165, 1.54) is 29.9 Å². The molecule has 0 atom stereocenters. The maximum absolute atomic E-state index is 13.0. The van der Waals surface area contributed by atoms with Crippen molar-refractivity contribution >= 4 is 22.6 Å². The van der Waals surface area contributed by atoms with Crippen LogP contribution in [0, 0.1) is 0 Å². The molecule has 4 rings (SSSR count). The third kappa shape index (κ3) is 3.63. The predicted octanol–water partition coefficient (Wildman–Crippen LogP) is 3.29. The fourth-order valence-electron chi connectivity index (χ4n) is 3.33. The van der Waals surface area contributed by atoms with Crippen molar-refractivity contribution in [3.05, 3.63) is 92.8 Å². The van der Waals surface area contributed by atoms with E-state index in [2.05, 4.69) is 10.3 Å². The Bertz CT molecular complexity index is 1420. The van der Waals surface area contributed by atoms with Crippen LogP contribution in [0.15, 0.2) is 70.4 Å². The summed E-state index contributed by atoms with van der Waals surface area (Å²) in [5, 5.41) is 2.38. The molecule has 4 aromatic rings. The number of amides is 1. The number of anilines is 1. The van der Waals surface area contributed by atoms with Crippen molar-refractivity contribution in [1.82, 2.24) is 14.1 Å². The van der Waals surface area contributed by atoms with Gasteiger partial charge in [0.05, 0.1) is 22.3 Å². The third-order valence-electron chi connectivity index (χ3n) is 4.73. The van der Waals surface area contributed by atoms with Gasteiger partial charge in [0.15, 0.2) is 0 Å². The molecule has 0 bridgehead atoms. The Morgan fingerprint density at radius 1 is 1.03 bits per heavy atom. The first-order chi connectivity index (χ1) is 14.7. The van der Waals surface area contributed by atoms with Crippen molar-refractivity contribution in [3.63, 3.8) is 0 Å². The van der Waals surface area contributed by atoms with Crippen LogP contribution in [0.3, 0.4) is 0 Å². The highest BCUT2D eigenvalue weighted by Gasteiger charge is 2.30. The highest BCUT2D eigenvalue weighted by molar-refractivity contribution is 6.11. The van der Waals surface area contributed by atoms with E-state index in [0.29, 0.717) is 5.69 Å². The zero-order valence-electron chi connectivity index (χ0n) is 16.0. The Morgan fingerprint density at radius 2 is 1.74 bits per heavy atom. The Hall–Kier alpha value is -4.08. The lowest BCUT2D eigenvalue weighted by Gasteiger charge is -2.09. The Labute approximate surface area is 172 Å². The topological polar surface area (TPSA) is 88.9 Å². The molecule has 2 heterocycles. The van der Waals surface area contributed by atoms with Gasteiger partial charge in [0.2, 0.25) is 0 Å². The summed E-state index contributed by atoms with van der Waals surface area (Å²) in [6, 6.07) is 12.4. The molecule has 0 aliphatic heterocycles. The molecule has 0 spiro atoms. The first kappa shape index (κ1) is 20.2. The number of alkyl halides is 3. The molecule has 31 heavy (non-hydrogen) atoms. The number of nitrogens with one attached hydrogen (secondary N) is 2. The van der Waals surface area contributed by atoms with Gasteiger partial charge in [-0.1, -0.05) is 24.3 Å². The second-order valence-corrected chi connectivity index (χ2v) is 6.82. The van der Waals surface area contributed by atoms with E-state index in [-0.39, 0.29) is 22.3 Å². The number of fused-ring (bicyclic) bond motifs is 1. The lowest BCUT2D eigenvalue weighted by atomic mass is 10.2. The summed E-state index contributed by atoms with van der Waals surface area (Å²) < 4.78 is 41.1. The number of aromatic nitrogens is 3. The number of benzene rings is 2. The molecule has 2 aromatic heterocycles. The van der Waals surface area contributed by atoms with E-state index < -0.39 is 28.9 Å². The van der Waals surface area contributed by atoms with Crippen molar-refractivity contribution in [2.24, 2.45) is 7.05 Å². The van der Waals surface area contributed by atoms with Gasteiger partial charge in [-0.2, -0.15) is 13.2 Å².